The van der Waals surface area contributed by atoms with E-state index in [-0.39, 0.29) is 6.04 Å². The van der Waals surface area contributed by atoms with Gasteiger partial charge in [-0.2, -0.15) is 0 Å². The van der Waals surface area contributed by atoms with Gasteiger partial charge in [-0.1, -0.05) is 0 Å². The summed E-state index contributed by atoms with van der Waals surface area (Å²) >= 11 is 0. The summed E-state index contributed by atoms with van der Waals surface area (Å²) in [4.78, 5) is 11.0. The molecule has 4 heteroatoms. The summed E-state index contributed by atoms with van der Waals surface area (Å²) in [6.07, 6.45) is 6.89. The van der Waals surface area contributed by atoms with Crippen LogP contribution in [0.4, 0.5) is 0 Å². The monoisotopic (exact) mass is 174 g/mol. The third-order valence-corrected chi connectivity index (χ3v) is 1.88. The zero-order chi connectivity index (χ0) is 9.10. The van der Waals surface area contributed by atoms with Crippen LogP contribution < -0.4 is 5.73 Å². The molecule has 0 saturated carbocycles. The number of nitrogens with two attached hydrogens (primary N) is 1. The van der Waals surface area contributed by atoms with Crippen molar-refractivity contribution in [1.29, 1.82) is 0 Å². The first-order valence-corrected chi connectivity index (χ1v) is 4.02. The Morgan fingerprint density at radius 1 is 1.23 bits per heavy atom. The SMILES string of the molecule is NC(c1ccncc1)c1ncc[nH]1. The smallest absolute Gasteiger partial charge is 0.127 e. The van der Waals surface area contributed by atoms with Gasteiger partial charge in [-0.3, -0.25) is 4.98 Å². The minimum atomic E-state index is -0.196. The van der Waals surface area contributed by atoms with Crippen molar-refractivity contribution >= 4 is 0 Å². The fourth-order valence-electron chi connectivity index (χ4n) is 1.18. The fraction of sp³-hybridized carbons (Fsp3) is 0.111. The van der Waals surface area contributed by atoms with E-state index in [9.17, 15) is 0 Å². The van der Waals surface area contributed by atoms with Gasteiger partial charge in [-0.25, -0.2) is 4.98 Å². The summed E-state index contributed by atoms with van der Waals surface area (Å²) in [5.74, 6) is 0.770. The Kier molecular flexibility index (Phi) is 2.06. The van der Waals surface area contributed by atoms with Crippen LogP contribution in [0.25, 0.3) is 0 Å². The summed E-state index contributed by atoms with van der Waals surface area (Å²) in [6, 6.07) is 3.57. The van der Waals surface area contributed by atoms with E-state index in [1.54, 1.807) is 24.8 Å². The average molecular weight is 174 g/mol. The molecule has 0 amide bonds. The van der Waals surface area contributed by atoms with E-state index >= 15 is 0 Å². The van der Waals surface area contributed by atoms with Crippen LogP contribution in [0.3, 0.4) is 0 Å². The molecule has 2 heterocycles. The van der Waals surface area contributed by atoms with E-state index in [0.717, 1.165) is 11.4 Å². The van der Waals surface area contributed by atoms with Gasteiger partial charge in [0.1, 0.15) is 5.82 Å². The summed E-state index contributed by atoms with van der Waals surface area (Å²) in [7, 11) is 0. The molecule has 0 aromatic carbocycles. The molecule has 2 aromatic rings. The van der Waals surface area contributed by atoms with Crippen molar-refractivity contribution in [3.63, 3.8) is 0 Å². The predicted molar refractivity (Wildman–Crippen MR) is 48.9 cm³/mol. The Balaban J connectivity index is 2.29. The van der Waals surface area contributed by atoms with Crippen molar-refractivity contribution < 1.29 is 0 Å². The quantitative estimate of drug-likeness (QED) is 0.709. The molecule has 1 unspecified atom stereocenters. The van der Waals surface area contributed by atoms with E-state index in [0.29, 0.717) is 0 Å². The Morgan fingerprint density at radius 3 is 2.62 bits per heavy atom. The normalized spacial score (nSPS) is 12.7. The van der Waals surface area contributed by atoms with Crippen molar-refractivity contribution in [2.75, 3.05) is 0 Å². The minimum Gasteiger partial charge on any atom is -0.347 e. The molecular weight excluding hydrogens is 164 g/mol. The molecule has 0 aliphatic rings. The van der Waals surface area contributed by atoms with Crippen molar-refractivity contribution in [3.05, 3.63) is 48.3 Å². The second-order valence-corrected chi connectivity index (χ2v) is 2.73. The standard InChI is InChI=1S/C9H10N4/c10-8(9-12-5-6-13-9)7-1-3-11-4-2-7/h1-6,8H,10H2,(H,12,13). The molecule has 3 N–H and O–H groups in total. The second kappa shape index (κ2) is 3.37. The maximum absolute atomic E-state index is 5.94. The van der Waals surface area contributed by atoms with Crippen molar-refractivity contribution in [2.45, 2.75) is 6.04 Å². The largest absolute Gasteiger partial charge is 0.347 e. The van der Waals surface area contributed by atoms with Crippen LogP contribution in [0.15, 0.2) is 36.9 Å². The third-order valence-electron chi connectivity index (χ3n) is 1.88. The number of hydrogen-bond donors (Lipinski definition) is 2. The van der Waals surface area contributed by atoms with Gasteiger partial charge in [0.25, 0.3) is 0 Å². The van der Waals surface area contributed by atoms with E-state index in [2.05, 4.69) is 15.0 Å². The molecule has 0 spiro atoms. The number of nitrogens with one attached hydrogen (secondary N) is 1. The Labute approximate surface area is 75.8 Å². The van der Waals surface area contributed by atoms with Crippen molar-refractivity contribution in [1.82, 2.24) is 15.0 Å². The van der Waals surface area contributed by atoms with Crippen LogP contribution in [0.5, 0.6) is 0 Å². The molecule has 1 atom stereocenters. The molecule has 0 radical (unpaired) electrons. The first-order valence-electron chi connectivity index (χ1n) is 4.02. The zero-order valence-electron chi connectivity index (χ0n) is 7.01. The first kappa shape index (κ1) is 7.94. The topological polar surface area (TPSA) is 67.6 Å². The number of rotatable bonds is 2. The summed E-state index contributed by atoms with van der Waals surface area (Å²) in [6.45, 7) is 0. The van der Waals surface area contributed by atoms with E-state index in [1.165, 1.54) is 0 Å². The summed E-state index contributed by atoms with van der Waals surface area (Å²) in [5, 5.41) is 0. The molecule has 0 bridgehead atoms. The van der Waals surface area contributed by atoms with Crippen LogP contribution >= 0.6 is 0 Å². The van der Waals surface area contributed by atoms with Crippen LogP contribution in [-0.4, -0.2) is 15.0 Å². The third kappa shape index (κ3) is 1.57. The lowest BCUT2D eigenvalue weighted by atomic mass is 10.1. The van der Waals surface area contributed by atoms with E-state index in [1.807, 2.05) is 12.1 Å². The van der Waals surface area contributed by atoms with Crippen LogP contribution in [-0.2, 0) is 0 Å². The van der Waals surface area contributed by atoms with Gasteiger partial charge in [0.05, 0.1) is 6.04 Å². The molecule has 2 aromatic heterocycles. The van der Waals surface area contributed by atoms with Crippen LogP contribution in [0, 0.1) is 0 Å². The molecule has 66 valence electrons. The van der Waals surface area contributed by atoms with Gasteiger partial charge >= 0.3 is 0 Å². The predicted octanol–water partition coefficient (Wildman–Crippen LogP) is 0.853. The highest BCUT2D eigenvalue weighted by Gasteiger charge is 2.09. The zero-order valence-corrected chi connectivity index (χ0v) is 7.01. The van der Waals surface area contributed by atoms with E-state index in [4.69, 9.17) is 5.73 Å². The summed E-state index contributed by atoms with van der Waals surface area (Å²) in [5.41, 5.74) is 6.94. The van der Waals surface area contributed by atoms with Gasteiger partial charge < -0.3 is 10.7 Å². The van der Waals surface area contributed by atoms with Crippen molar-refractivity contribution in [2.24, 2.45) is 5.73 Å². The number of pyridine rings is 1. The molecule has 13 heavy (non-hydrogen) atoms. The Morgan fingerprint density at radius 2 is 2.00 bits per heavy atom. The lowest BCUT2D eigenvalue weighted by molar-refractivity contribution is 0.799. The number of aromatic nitrogens is 3. The Bertz CT molecular complexity index is 354. The van der Waals surface area contributed by atoms with Gasteiger partial charge in [0.2, 0.25) is 0 Å². The summed E-state index contributed by atoms with van der Waals surface area (Å²) < 4.78 is 0. The molecule has 4 nitrogen and oxygen atoms in total. The maximum atomic E-state index is 5.94. The maximum Gasteiger partial charge on any atom is 0.127 e. The van der Waals surface area contributed by atoms with Crippen LogP contribution in [0.1, 0.15) is 17.4 Å². The molecular formula is C9H10N4. The number of H-pyrrole nitrogens is 1. The number of imidazole rings is 1. The number of aromatic amines is 1. The second-order valence-electron chi connectivity index (χ2n) is 2.73. The van der Waals surface area contributed by atoms with Gasteiger partial charge in [-0.05, 0) is 17.7 Å². The molecule has 0 aliphatic heterocycles. The highest BCUT2D eigenvalue weighted by atomic mass is 14.9. The van der Waals surface area contributed by atoms with Crippen molar-refractivity contribution in [3.8, 4) is 0 Å². The Hall–Kier alpha value is -1.68. The van der Waals surface area contributed by atoms with Gasteiger partial charge in [0, 0.05) is 24.8 Å². The lowest BCUT2D eigenvalue weighted by Gasteiger charge is -2.07. The molecule has 0 fully saturated rings. The highest BCUT2D eigenvalue weighted by molar-refractivity contribution is 5.21. The van der Waals surface area contributed by atoms with Gasteiger partial charge in [0.15, 0.2) is 0 Å². The van der Waals surface area contributed by atoms with Gasteiger partial charge in [-0.15, -0.1) is 0 Å². The van der Waals surface area contributed by atoms with Crippen LogP contribution in [0.2, 0.25) is 0 Å². The van der Waals surface area contributed by atoms with E-state index < -0.39 is 0 Å². The fourth-order valence-corrected chi connectivity index (χ4v) is 1.18. The number of hydrogen-bond acceptors (Lipinski definition) is 3. The molecule has 0 saturated heterocycles. The molecule has 0 aliphatic carbocycles. The first-order chi connectivity index (χ1) is 6.38. The average Bonchev–Trinajstić information content (AvgIpc) is 2.71. The lowest BCUT2D eigenvalue weighted by Crippen LogP contribution is -2.13. The highest BCUT2D eigenvalue weighted by Crippen LogP contribution is 2.13. The minimum absolute atomic E-state index is 0.196. The number of nitrogens with zero attached hydrogens (tertiary/aromatic N) is 2. The molecule has 2 rings (SSSR count).